The smallest absolute Gasteiger partial charge is 0.276 e. The molecule has 0 radical (unpaired) electrons. The predicted molar refractivity (Wildman–Crippen MR) is 39.5 cm³/mol. The van der Waals surface area contributed by atoms with Gasteiger partial charge in [-0.2, -0.15) is 27.1 Å². The van der Waals surface area contributed by atoms with Crippen molar-refractivity contribution in [2.45, 2.75) is 24.8 Å². The Bertz CT molecular complexity index is 435. The SMILES string of the molecule is FC(OC(F)(F)F)c1cc(C(F)(F)C(F)(F)F)[nH]n1. The van der Waals surface area contributed by atoms with Crippen LogP contribution in [0.5, 0.6) is 0 Å². The van der Waals surface area contributed by atoms with E-state index in [1.807, 2.05) is 0 Å². The van der Waals surface area contributed by atoms with Crippen LogP contribution in [-0.2, 0) is 10.7 Å². The van der Waals surface area contributed by atoms with E-state index in [0.717, 1.165) is 5.10 Å². The molecule has 0 fully saturated rings. The summed E-state index contributed by atoms with van der Waals surface area (Å²) in [4.78, 5) is 0. The van der Waals surface area contributed by atoms with Crippen molar-refractivity contribution in [1.29, 1.82) is 0 Å². The van der Waals surface area contributed by atoms with E-state index >= 15 is 0 Å². The van der Waals surface area contributed by atoms with Gasteiger partial charge >= 0.3 is 18.5 Å². The molecule has 1 N–H and O–H groups in total. The molecule has 0 aliphatic heterocycles. The second kappa shape index (κ2) is 4.58. The minimum atomic E-state index is -6.01. The van der Waals surface area contributed by atoms with Crippen molar-refractivity contribution >= 4 is 0 Å². The van der Waals surface area contributed by atoms with Gasteiger partial charge in [0.15, 0.2) is 0 Å². The summed E-state index contributed by atoms with van der Waals surface area (Å²) >= 11 is 0. The van der Waals surface area contributed by atoms with Gasteiger partial charge in [0.05, 0.1) is 0 Å². The van der Waals surface area contributed by atoms with Crippen LogP contribution in [0.3, 0.4) is 0 Å². The van der Waals surface area contributed by atoms with Gasteiger partial charge in [0, 0.05) is 0 Å². The van der Waals surface area contributed by atoms with Gasteiger partial charge in [-0.3, -0.25) is 9.84 Å². The predicted octanol–water partition coefficient (Wildman–Crippen LogP) is 3.57. The number of nitrogens with one attached hydrogen (secondary N) is 1. The molecular formula is C7H3F9N2O. The first-order valence-electron chi connectivity index (χ1n) is 4.23. The zero-order chi connectivity index (χ0) is 15.1. The van der Waals surface area contributed by atoms with Crippen LogP contribution >= 0.6 is 0 Å². The number of ether oxygens (including phenoxy) is 1. The molecule has 0 saturated heterocycles. The van der Waals surface area contributed by atoms with Crippen molar-refractivity contribution in [3.63, 3.8) is 0 Å². The number of hydrogen-bond acceptors (Lipinski definition) is 2. The van der Waals surface area contributed by atoms with Crippen LogP contribution in [0.1, 0.15) is 17.7 Å². The zero-order valence-electron chi connectivity index (χ0n) is 8.41. The van der Waals surface area contributed by atoms with Crippen LogP contribution in [0.4, 0.5) is 39.5 Å². The fourth-order valence-electron chi connectivity index (χ4n) is 0.945. The van der Waals surface area contributed by atoms with E-state index in [2.05, 4.69) is 9.84 Å². The van der Waals surface area contributed by atoms with Crippen molar-refractivity contribution in [3.05, 3.63) is 17.5 Å². The van der Waals surface area contributed by atoms with Gasteiger partial charge in [0.2, 0.25) is 0 Å². The van der Waals surface area contributed by atoms with Gasteiger partial charge in [-0.25, -0.2) is 4.39 Å². The number of alkyl halides is 9. The number of hydrogen-bond donors (Lipinski definition) is 1. The summed E-state index contributed by atoms with van der Waals surface area (Å²) in [6.07, 6.45) is -14.8. The number of nitrogens with zero attached hydrogens (tertiary/aromatic N) is 1. The molecule has 1 heterocycles. The van der Waals surface area contributed by atoms with Crippen LogP contribution in [0.15, 0.2) is 6.07 Å². The Morgan fingerprint density at radius 3 is 2.00 bits per heavy atom. The monoisotopic (exact) mass is 302 g/mol. The topological polar surface area (TPSA) is 37.9 Å². The lowest BCUT2D eigenvalue weighted by Gasteiger charge is -2.17. The van der Waals surface area contributed by atoms with Gasteiger partial charge in [-0.1, -0.05) is 0 Å². The molecule has 1 aromatic heterocycles. The van der Waals surface area contributed by atoms with Gasteiger partial charge in [-0.15, -0.1) is 13.2 Å². The van der Waals surface area contributed by atoms with E-state index in [-0.39, 0.29) is 6.07 Å². The molecule has 110 valence electrons. The first-order chi connectivity index (χ1) is 8.34. The van der Waals surface area contributed by atoms with Crippen molar-refractivity contribution in [1.82, 2.24) is 10.2 Å². The normalized spacial score (nSPS) is 15.6. The Morgan fingerprint density at radius 2 is 1.58 bits per heavy atom. The third-order valence-corrected chi connectivity index (χ3v) is 1.76. The minimum Gasteiger partial charge on any atom is -0.276 e. The van der Waals surface area contributed by atoms with Crippen LogP contribution in [0, 0.1) is 0 Å². The van der Waals surface area contributed by atoms with Crippen LogP contribution in [0.25, 0.3) is 0 Å². The third kappa shape index (κ3) is 3.52. The summed E-state index contributed by atoms with van der Waals surface area (Å²) in [7, 11) is 0. The van der Waals surface area contributed by atoms with E-state index in [9.17, 15) is 39.5 Å². The number of aromatic amines is 1. The number of rotatable bonds is 3. The summed E-state index contributed by atoms with van der Waals surface area (Å²) in [6.45, 7) is 0. The molecule has 0 aliphatic rings. The van der Waals surface area contributed by atoms with Crippen molar-refractivity contribution in [2.24, 2.45) is 0 Å². The Hall–Kier alpha value is -1.46. The molecule has 12 heteroatoms. The maximum absolute atomic E-state index is 12.8. The second-order valence-electron chi connectivity index (χ2n) is 3.16. The van der Waals surface area contributed by atoms with Crippen molar-refractivity contribution in [2.75, 3.05) is 0 Å². The number of aromatic nitrogens is 2. The largest absolute Gasteiger partial charge is 0.525 e. The standard InChI is InChI=1S/C7H3F9N2O/c8-4(19-7(14,15)16)2-1-3(18-17-2)5(9,10)6(11,12)13/h1,4H,(H,17,18). The molecule has 1 atom stereocenters. The molecule has 3 nitrogen and oxygen atoms in total. The lowest BCUT2D eigenvalue weighted by Crippen LogP contribution is -2.34. The van der Waals surface area contributed by atoms with Gasteiger partial charge < -0.3 is 0 Å². The summed E-state index contributed by atoms with van der Waals surface area (Å²) in [6, 6.07) is -0.204. The Balaban J connectivity index is 2.95. The Labute approximate surface area is 97.9 Å². The third-order valence-electron chi connectivity index (χ3n) is 1.76. The van der Waals surface area contributed by atoms with E-state index in [0.29, 0.717) is 0 Å². The highest BCUT2D eigenvalue weighted by atomic mass is 19.4. The highest BCUT2D eigenvalue weighted by Crippen LogP contribution is 2.43. The summed E-state index contributed by atoms with van der Waals surface area (Å²) < 4.78 is 111. The van der Waals surface area contributed by atoms with E-state index in [1.165, 1.54) is 0 Å². The van der Waals surface area contributed by atoms with Gasteiger partial charge in [0.25, 0.3) is 6.36 Å². The molecule has 0 amide bonds. The molecule has 0 aliphatic carbocycles. The number of halogens is 9. The zero-order valence-corrected chi connectivity index (χ0v) is 8.41. The highest BCUT2D eigenvalue weighted by molar-refractivity contribution is 5.16. The average Bonchev–Trinajstić information content (AvgIpc) is 2.61. The Kier molecular flexibility index (Phi) is 3.76. The fraction of sp³-hybridized carbons (Fsp3) is 0.571. The molecule has 1 unspecified atom stereocenters. The lowest BCUT2D eigenvalue weighted by atomic mass is 10.2. The van der Waals surface area contributed by atoms with Crippen LogP contribution in [-0.4, -0.2) is 22.7 Å². The summed E-state index contributed by atoms with van der Waals surface area (Å²) in [5.74, 6) is -5.41. The first kappa shape index (κ1) is 15.6. The van der Waals surface area contributed by atoms with Crippen molar-refractivity contribution < 1.29 is 44.3 Å². The van der Waals surface area contributed by atoms with Crippen LogP contribution in [0.2, 0.25) is 0 Å². The molecule has 0 saturated carbocycles. The maximum atomic E-state index is 12.8. The molecule has 0 spiro atoms. The Morgan fingerprint density at radius 1 is 1.05 bits per heavy atom. The van der Waals surface area contributed by atoms with E-state index in [1.54, 1.807) is 0 Å². The molecule has 1 aromatic rings. The molecular weight excluding hydrogens is 299 g/mol. The first-order valence-corrected chi connectivity index (χ1v) is 4.23. The molecule has 0 aromatic carbocycles. The lowest BCUT2D eigenvalue weighted by molar-refractivity contribution is -0.363. The van der Waals surface area contributed by atoms with Crippen LogP contribution < -0.4 is 0 Å². The molecule has 0 bridgehead atoms. The molecule has 19 heavy (non-hydrogen) atoms. The van der Waals surface area contributed by atoms with Gasteiger partial charge in [0.1, 0.15) is 11.4 Å². The quantitative estimate of drug-likeness (QED) is 0.867. The minimum absolute atomic E-state index is 0.204. The summed E-state index contributed by atoms with van der Waals surface area (Å²) in [5, 5.41) is 3.69. The van der Waals surface area contributed by atoms with Crippen molar-refractivity contribution in [3.8, 4) is 0 Å². The maximum Gasteiger partial charge on any atom is 0.525 e. The second-order valence-corrected chi connectivity index (χ2v) is 3.16. The van der Waals surface area contributed by atoms with E-state index in [4.69, 9.17) is 0 Å². The number of H-pyrrole nitrogens is 1. The van der Waals surface area contributed by atoms with E-state index < -0.39 is 36.2 Å². The average molecular weight is 302 g/mol. The summed E-state index contributed by atoms with van der Waals surface area (Å²) in [5.41, 5.74) is -3.29. The highest BCUT2D eigenvalue weighted by Gasteiger charge is 2.60. The molecule has 1 rings (SSSR count). The fourth-order valence-corrected chi connectivity index (χ4v) is 0.945. The van der Waals surface area contributed by atoms with Gasteiger partial charge in [-0.05, 0) is 6.07 Å².